The third-order valence-corrected chi connectivity index (χ3v) is 8.19. The van der Waals surface area contributed by atoms with E-state index in [1.165, 1.54) is 44.4 Å². The molecular weight excluding hydrogens is 538 g/mol. The first-order valence-electron chi connectivity index (χ1n) is 14.6. The number of rotatable bonds is 11. The van der Waals surface area contributed by atoms with Gasteiger partial charge in [0.2, 0.25) is 11.8 Å². The molecule has 42 heavy (non-hydrogen) atoms. The molecule has 0 radical (unpaired) electrons. The molecule has 4 rings (SSSR count). The molecule has 2 atom stereocenters. The fourth-order valence-corrected chi connectivity index (χ4v) is 6.02. The maximum absolute atomic E-state index is 13.6. The molecule has 0 heterocycles. The van der Waals surface area contributed by atoms with Gasteiger partial charge < -0.3 is 26.2 Å². The number of amides is 3. The van der Waals surface area contributed by atoms with Crippen molar-refractivity contribution in [2.24, 2.45) is 11.7 Å². The summed E-state index contributed by atoms with van der Waals surface area (Å²) in [6.45, 7) is 1.84. The molecule has 3 amide bonds. The van der Waals surface area contributed by atoms with Crippen molar-refractivity contribution in [2.45, 2.75) is 83.2 Å². The van der Waals surface area contributed by atoms with E-state index < -0.39 is 35.8 Å². The zero-order valence-electron chi connectivity index (χ0n) is 23.9. The molecule has 1 saturated carbocycles. The standard InChI is InChI=1S/C32H39N3O7/c1-19(37)34-28(14-21-11-12-24(32(40)41)23(13-21)17-36)31(39)35-27-10-6-5-9-22-15-29(26(30(33)38)16-25(22)27)42-18-20-7-3-2-4-8-20/h11-13,15-17,20,27-28H,2-10,14,18H2,1H3,(H2,33,38)(H,34,37)(H,35,39)(H,40,41)/t27-,28-/m0/s1. The third kappa shape index (κ3) is 7.74. The largest absolute Gasteiger partial charge is 0.492 e. The fraction of sp³-hybridized carbons (Fsp3) is 0.469. The van der Waals surface area contributed by atoms with Crippen LogP contribution >= 0.6 is 0 Å². The van der Waals surface area contributed by atoms with Crippen LogP contribution in [0.2, 0.25) is 0 Å². The van der Waals surface area contributed by atoms with Crippen molar-refractivity contribution in [3.8, 4) is 5.75 Å². The Morgan fingerprint density at radius 2 is 1.76 bits per heavy atom. The maximum atomic E-state index is 13.6. The van der Waals surface area contributed by atoms with Crippen molar-refractivity contribution in [3.63, 3.8) is 0 Å². The van der Waals surface area contributed by atoms with Crippen LogP contribution in [0.15, 0.2) is 30.3 Å². The SMILES string of the molecule is CC(=O)N[C@@H](Cc1ccc(C(=O)O)c(C=O)c1)C(=O)N[C@H]1CCCCc2cc(OCC3CCCCC3)c(C(N)=O)cc21. The van der Waals surface area contributed by atoms with Gasteiger partial charge >= 0.3 is 5.97 Å². The van der Waals surface area contributed by atoms with Crippen molar-refractivity contribution < 1.29 is 33.8 Å². The van der Waals surface area contributed by atoms with Gasteiger partial charge in [-0.15, -0.1) is 0 Å². The lowest BCUT2D eigenvalue weighted by atomic mass is 9.90. The Hall–Kier alpha value is -4.21. The number of primary amides is 1. The van der Waals surface area contributed by atoms with E-state index in [0.717, 1.165) is 43.2 Å². The Morgan fingerprint density at radius 1 is 1.02 bits per heavy atom. The smallest absolute Gasteiger partial charge is 0.336 e. The van der Waals surface area contributed by atoms with Gasteiger partial charge in [0.1, 0.15) is 11.8 Å². The van der Waals surface area contributed by atoms with Crippen molar-refractivity contribution in [2.75, 3.05) is 6.61 Å². The van der Waals surface area contributed by atoms with Gasteiger partial charge in [-0.1, -0.05) is 31.7 Å². The lowest BCUT2D eigenvalue weighted by Gasteiger charge is -2.26. The summed E-state index contributed by atoms with van der Waals surface area (Å²) in [5.74, 6) is -1.74. The number of aryl methyl sites for hydroxylation is 1. The van der Waals surface area contributed by atoms with Crippen LogP contribution in [0.1, 0.15) is 112 Å². The van der Waals surface area contributed by atoms with Gasteiger partial charge in [-0.2, -0.15) is 0 Å². The summed E-state index contributed by atoms with van der Waals surface area (Å²) < 4.78 is 6.15. The number of hydrogen-bond donors (Lipinski definition) is 4. The number of aldehydes is 1. The summed E-state index contributed by atoms with van der Waals surface area (Å²) >= 11 is 0. The number of nitrogens with one attached hydrogen (secondary N) is 2. The number of ether oxygens (including phenoxy) is 1. The van der Waals surface area contributed by atoms with Crippen molar-refractivity contribution in [3.05, 3.63) is 63.7 Å². The highest BCUT2D eigenvalue weighted by Crippen LogP contribution is 2.35. The quantitative estimate of drug-likeness (QED) is 0.232. The highest BCUT2D eigenvalue weighted by Gasteiger charge is 2.28. The summed E-state index contributed by atoms with van der Waals surface area (Å²) in [5, 5.41) is 15.0. The van der Waals surface area contributed by atoms with Crippen LogP contribution in [0.5, 0.6) is 5.75 Å². The van der Waals surface area contributed by atoms with Crippen molar-refractivity contribution in [1.29, 1.82) is 0 Å². The van der Waals surface area contributed by atoms with Crippen LogP contribution in [-0.4, -0.2) is 47.7 Å². The molecule has 224 valence electrons. The molecule has 0 unspecified atom stereocenters. The summed E-state index contributed by atoms with van der Waals surface area (Å²) in [6, 6.07) is 6.47. The van der Waals surface area contributed by atoms with Crippen LogP contribution in [0.4, 0.5) is 0 Å². The third-order valence-electron chi connectivity index (χ3n) is 8.19. The highest BCUT2D eigenvalue weighted by atomic mass is 16.5. The predicted octanol–water partition coefficient (Wildman–Crippen LogP) is 3.89. The molecule has 0 aromatic heterocycles. The first kappa shape index (κ1) is 30.7. The van der Waals surface area contributed by atoms with Gasteiger partial charge in [0.15, 0.2) is 6.29 Å². The molecule has 2 aliphatic rings. The van der Waals surface area contributed by atoms with Crippen LogP contribution < -0.4 is 21.1 Å². The average Bonchev–Trinajstić information content (AvgIpc) is 3.16. The molecule has 2 aromatic carbocycles. The minimum atomic E-state index is -1.23. The van der Waals surface area contributed by atoms with Crippen LogP contribution in [-0.2, 0) is 22.4 Å². The lowest BCUT2D eigenvalue weighted by Crippen LogP contribution is -2.48. The molecule has 10 nitrogen and oxygen atoms in total. The maximum Gasteiger partial charge on any atom is 0.336 e. The van der Waals surface area contributed by atoms with Gasteiger partial charge in [-0.3, -0.25) is 19.2 Å². The number of fused-ring (bicyclic) bond motifs is 1. The van der Waals surface area contributed by atoms with E-state index in [4.69, 9.17) is 10.5 Å². The van der Waals surface area contributed by atoms with Gasteiger partial charge in [-0.05, 0) is 79.0 Å². The van der Waals surface area contributed by atoms with Gasteiger partial charge in [0, 0.05) is 18.9 Å². The van der Waals surface area contributed by atoms with Crippen molar-refractivity contribution >= 4 is 30.0 Å². The van der Waals surface area contributed by atoms with E-state index >= 15 is 0 Å². The van der Waals surface area contributed by atoms with E-state index in [9.17, 15) is 29.1 Å². The minimum Gasteiger partial charge on any atom is -0.492 e. The number of carboxylic acids is 1. The lowest BCUT2D eigenvalue weighted by molar-refractivity contribution is -0.128. The number of carboxylic acid groups (broad SMARTS) is 1. The average molecular weight is 578 g/mol. The molecule has 5 N–H and O–H groups in total. The first-order chi connectivity index (χ1) is 20.2. The van der Waals surface area contributed by atoms with Crippen LogP contribution in [0.25, 0.3) is 0 Å². The number of nitrogens with two attached hydrogens (primary N) is 1. The van der Waals surface area contributed by atoms with E-state index in [1.54, 1.807) is 6.07 Å². The van der Waals surface area contributed by atoms with Gasteiger partial charge in [0.05, 0.1) is 23.8 Å². The number of carbonyl (C=O) groups is 5. The Balaban J connectivity index is 1.56. The molecule has 10 heteroatoms. The normalized spacial score (nSPS) is 17.7. The summed E-state index contributed by atoms with van der Waals surface area (Å²) in [5.41, 5.74) is 8.20. The second kappa shape index (κ2) is 14.1. The van der Waals surface area contributed by atoms with Gasteiger partial charge in [-0.25, -0.2) is 4.79 Å². The second-order valence-electron chi connectivity index (χ2n) is 11.3. The molecule has 0 spiro atoms. The molecular formula is C32H39N3O7. The van der Waals surface area contributed by atoms with E-state index in [0.29, 0.717) is 36.5 Å². The molecule has 2 aromatic rings. The summed E-state index contributed by atoms with van der Waals surface area (Å²) in [6.07, 6.45) is 9.48. The zero-order valence-corrected chi connectivity index (χ0v) is 23.9. The molecule has 1 fully saturated rings. The second-order valence-corrected chi connectivity index (χ2v) is 11.3. The predicted molar refractivity (Wildman–Crippen MR) is 156 cm³/mol. The van der Waals surface area contributed by atoms with Crippen LogP contribution in [0, 0.1) is 5.92 Å². The Bertz CT molecular complexity index is 1350. The van der Waals surface area contributed by atoms with Gasteiger partial charge in [0.25, 0.3) is 5.91 Å². The monoisotopic (exact) mass is 577 g/mol. The molecule has 0 aliphatic heterocycles. The zero-order chi connectivity index (χ0) is 30.2. The summed E-state index contributed by atoms with van der Waals surface area (Å²) in [4.78, 5) is 60.9. The Labute approximate surface area is 245 Å². The molecule has 0 saturated heterocycles. The van der Waals surface area contributed by atoms with E-state index in [2.05, 4.69) is 10.6 Å². The number of aromatic carboxylic acids is 1. The fourth-order valence-electron chi connectivity index (χ4n) is 6.02. The Kier molecular flexibility index (Phi) is 10.3. The highest BCUT2D eigenvalue weighted by molar-refractivity contribution is 5.97. The minimum absolute atomic E-state index is 0.0137. The van der Waals surface area contributed by atoms with E-state index in [-0.39, 0.29) is 23.1 Å². The number of benzene rings is 2. The number of hydrogen-bond acceptors (Lipinski definition) is 6. The summed E-state index contributed by atoms with van der Waals surface area (Å²) in [7, 11) is 0. The first-order valence-corrected chi connectivity index (χ1v) is 14.6. The molecule has 2 aliphatic carbocycles. The topological polar surface area (TPSA) is 165 Å². The molecule has 0 bridgehead atoms. The Morgan fingerprint density at radius 3 is 2.43 bits per heavy atom. The van der Waals surface area contributed by atoms with Crippen molar-refractivity contribution in [1.82, 2.24) is 10.6 Å². The number of carbonyl (C=O) groups excluding carboxylic acids is 4. The van der Waals surface area contributed by atoms with Crippen LogP contribution in [0.3, 0.4) is 0 Å². The van der Waals surface area contributed by atoms with E-state index in [1.807, 2.05) is 6.07 Å².